The lowest BCUT2D eigenvalue weighted by Gasteiger charge is -2.06. The molecule has 108 valence electrons. The molecule has 0 bridgehead atoms. The molecular formula is C16H23N3O. The summed E-state index contributed by atoms with van der Waals surface area (Å²) in [7, 11) is 0. The Morgan fingerprint density at radius 2 is 2.00 bits per heavy atom. The SMILES string of the molecule is CCCCCCCn1ccc2c(/C(N)=N/O)cccc21. The molecule has 4 nitrogen and oxygen atoms in total. The third-order valence-corrected chi connectivity index (χ3v) is 3.70. The van der Waals surface area contributed by atoms with Crippen LogP contribution in [0.5, 0.6) is 0 Å². The van der Waals surface area contributed by atoms with Crippen LogP contribution in [0.25, 0.3) is 10.9 Å². The van der Waals surface area contributed by atoms with Gasteiger partial charge in [0, 0.05) is 29.2 Å². The van der Waals surface area contributed by atoms with Gasteiger partial charge in [0.2, 0.25) is 0 Å². The van der Waals surface area contributed by atoms with Crippen LogP contribution in [0, 0.1) is 0 Å². The smallest absolute Gasteiger partial charge is 0.170 e. The molecule has 3 N–H and O–H groups in total. The van der Waals surface area contributed by atoms with Crippen molar-refractivity contribution >= 4 is 16.7 Å². The van der Waals surface area contributed by atoms with Crippen molar-refractivity contribution in [3.05, 3.63) is 36.0 Å². The van der Waals surface area contributed by atoms with Gasteiger partial charge in [-0.05, 0) is 18.6 Å². The number of oxime groups is 1. The number of aryl methyl sites for hydroxylation is 1. The van der Waals surface area contributed by atoms with E-state index in [4.69, 9.17) is 10.9 Å². The summed E-state index contributed by atoms with van der Waals surface area (Å²) < 4.78 is 2.25. The number of hydrogen-bond acceptors (Lipinski definition) is 2. The first kappa shape index (κ1) is 14.4. The van der Waals surface area contributed by atoms with Gasteiger partial charge >= 0.3 is 0 Å². The van der Waals surface area contributed by atoms with Crippen molar-refractivity contribution in [3.63, 3.8) is 0 Å². The Kier molecular flexibility index (Phi) is 5.04. The highest BCUT2D eigenvalue weighted by Gasteiger charge is 2.08. The monoisotopic (exact) mass is 273 g/mol. The molecule has 0 fully saturated rings. The van der Waals surface area contributed by atoms with Gasteiger partial charge in [-0.15, -0.1) is 0 Å². The second-order valence-electron chi connectivity index (χ2n) is 5.15. The van der Waals surface area contributed by atoms with Crippen molar-refractivity contribution in [2.45, 2.75) is 45.6 Å². The highest BCUT2D eigenvalue weighted by molar-refractivity contribution is 6.08. The van der Waals surface area contributed by atoms with E-state index in [-0.39, 0.29) is 5.84 Å². The zero-order chi connectivity index (χ0) is 14.4. The highest BCUT2D eigenvalue weighted by Crippen LogP contribution is 2.21. The molecule has 0 aliphatic heterocycles. The molecule has 2 rings (SSSR count). The van der Waals surface area contributed by atoms with Gasteiger partial charge in [0.05, 0.1) is 0 Å². The van der Waals surface area contributed by atoms with Gasteiger partial charge in [0.1, 0.15) is 0 Å². The van der Waals surface area contributed by atoms with Crippen LogP contribution in [0.15, 0.2) is 35.6 Å². The van der Waals surface area contributed by atoms with Crippen molar-refractivity contribution < 1.29 is 5.21 Å². The molecule has 1 aromatic heterocycles. The molecule has 2 aromatic rings. The Hall–Kier alpha value is -1.97. The van der Waals surface area contributed by atoms with Gasteiger partial charge < -0.3 is 15.5 Å². The number of nitrogens with two attached hydrogens (primary N) is 1. The van der Waals surface area contributed by atoms with Gasteiger partial charge in [0.25, 0.3) is 0 Å². The van der Waals surface area contributed by atoms with Crippen molar-refractivity contribution in [1.29, 1.82) is 0 Å². The Morgan fingerprint density at radius 3 is 2.75 bits per heavy atom. The Morgan fingerprint density at radius 1 is 1.20 bits per heavy atom. The largest absolute Gasteiger partial charge is 0.409 e. The quantitative estimate of drug-likeness (QED) is 0.265. The predicted octanol–water partition coefficient (Wildman–Crippen LogP) is 3.71. The van der Waals surface area contributed by atoms with Crippen LogP contribution in [0.3, 0.4) is 0 Å². The van der Waals surface area contributed by atoms with Crippen LogP contribution in [0.1, 0.15) is 44.6 Å². The number of hydrogen-bond donors (Lipinski definition) is 2. The lowest BCUT2D eigenvalue weighted by molar-refractivity contribution is 0.318. The summed E-state index contributed by atoms with van der Waals surface area (Å²) in [5, 5.41) is 13.0. The van der Waals surface area contributed by atoms with Crippen molar-refractivity contribution in [2.75, 3.05) is 0 Å². The molecular weight excluding hydrogens is 250 g/mol. The lowest BCUT2D eigenvalue weighted by atomic mass is 10.1. The summed E-state index contributed by atoms with van der Waals surface area (Å²) in [4.78, 5) is 0. The van der Waals surface area contributed by atoms with E-state index >= 15 is 0 Å². The number of aromatic nitrogens is 1. The second kappa shape index (κ2) is 6.98. The van der Waals surface area contributed by atoms with Crippen LogP contribution in [0.4, 0.5) is 0 Å². The van der Waals surface area contributed by atoms with E-state index in [2.05, 4.69) is 28.9 Å². The van der Waals surface area contributed by atoms with Crippen LogP contribution < -0.4 is 5.73 Å². The maximum atomic E-state index is 8.83. The van der Waals surface area contributed by atoms with Gasteiger partial charge in [0.15, 0.2) is 5.84 Å². The van der Waals surface area contributed by atoms with E-state index in [0.717, 1.165) is 23.0 Å². The third-order valence-electron chi connectivity index (χ3n) is 3.70. The zero-order valence-corrected chi connectivity index (χ0v) is 12.0. The number of fused-ring (bicyclic) bond motifs is 1. The van der Waals surface area contributed by atoms with Gasteiger partial charge in [-0.3, -0.25) is 0 Å². The maximum Gasteiger partial charge on any atom is 0.170 e. The highest BCUT2D eigenvalue weighted by atomic mass is 16.4. The number of rotatable bonds is 7. The summed E-state index contributed by atoms with van der Waals surface area (Å²) in [5.74, 6) is 0.163. The number of amidine groups is 1. The predicted molar refractivity (Wildman–Crippen MR) is 83.2 cm³/mol. The first-order valence-electron chi connectivity index (χ1n) is 7.33. The van der Waals surface area contributed by atoms with Crippen molar-refractivity contribution in [1.82, 2.24) is 4.57 Å². The van der Waals surface area contributed by atoms with Gasteiger partial charge in [-0.25, -0.2) is 0 Å². The summed E-state index contributed by atoms with van der Waals surface area (Å²) >= 11 is 0. The van der Waals surface area contributed by atoms with Gasteiger partial charge in [-0.1, -0.05) is 49.9 Å². The fraction of sp³-hybridized carbons (Fsp3) is 0.438. The summed E-state index contributed by atoms with van der Waals surface area (Å²) in [6, 6.07) is 7.94. The molecule has 1 aromatic carbocycles. The minimum absolute atomic E-state index is 0.163. The Balaban J connectivity index is 2.12. The molecule has 1 heterocycles. The van der Waals surface area contributed by atoms with E-state index < -0.39 is 0 Å². The molecule has 0 aliphatic rings. The maximum absolute atomic E-state index is 8.83. The molecule has 0 saturated carbocycles. The van der Waals surface area contributed by atoms with E-state index in [9.17, 15) is 0 Å². The number of benzene rings is 1. The standard InChI is InChI=1S/C16H23N3O/c1-2-3-4-5-6-11-19-12-10-13-14(16(17)18-20)8-7-9-15(13)19/h7-10,12,20H,2-6,11H2,1H3,(H2,17,18). The van der Waals surface area contributed by atoms with Crippen LogP contribution >= 0.6 is 0 Å². The molecule has 0 unspecified atom stereocenters. The van der Waals surface area contributed by atoms with E-state index in [0.29, 0.717) is 0 Å². The Labute approximate surface area is 119 Å². The van der Waals surface area contributed by atoms with Crippen LogP contribution in [0.2, 0.25) is 0 Å². The average molecular weight is 273 g/mol. The summed E-state index contributed by atoms with van der Waals surface area (Å²) in [6.45, 7) is 3.25. The van der Waals surface area contributed by atoms with Gasteiger partial charge in [-0.2, -0.15) is 0 Å². The van der Waals surface area contributed by atoms with E-state index in [1.165, 1.54) is 32.1 Å². The fourth-order valence-corrected chi connectivity index (χ4v) is 2.58. The summed E-state index contributed by atoms with van der Waals surface area (Å²) in [5.41, 5.74) is 7.65. The molecule has 0 saturated heterocycles. The number of unbranched alkanes of at least 4 members (excludes halogenated alkanes) is 4. The van der Waals surface area contributed by atoms with Crippen molar-refractivity contribution in [2.24, 2.45) is 10.9 Å². The minimum atomic E-state index is 0.163. The molecule has 0 amide bonds. The minimum Gasteiger partial charge on any atom is -0.409 e. The van der Waals surface area contributed by atoms with E-state index in [1.807, 2.05) is 18.2 Å². The van der Waals surface area contributed by atoms with Crippen molar-refractivity contribution in [3.8, 4) is 0 Å². The molecule has 0 atom stereocenters. The normalized spacial score (nSPS) is 12.2. The first-order chi connectivity index (χ1) is 9.77. The zero-order valence-electron chi connectivity index (χ0n) is 12.0. The topological polar surface area (TPSA) is 63.5 Å². The molecule has 20 heavy (non-hydrogen) atoms. The second-order valence-corrected chi connectivity index (χ2v) is 5.15. The average Bonchev–Trinajstić information content (AvgIpc) is 2.89. The lowest BCUT2D eigenvalue weighted by Crippen LogP contribution is -2.13. The Bertz CT molecular complexity index is 586. The van der Waals surface area contributed by atoms with E-state index in [1.54, 1.807) is 0 Å². The molecule has 4 heteroatoms. The molecule has 0 aliphatic carbocycles. The first-order valence-corrected chi connectivity index (χ1v) is 7.33. The molecule has 0 radical (unpaired) electrons. The molecule has 0 spiro atoms. The van der Waals surface area contributed by atoms with Crippen LogP contribution in [-0.4, -0.2) is 15.6 Å². The summed E-state index contributed by atoms with van der Waals surface area (Å²) in [6.07, 6.45) is 8.45. The number of nitrogens with zero attached hydrogens (tertiary/aromatic N) is 2. The fourth-order valence-electron chi connectivity index (χ4n) is 2.58. The third kappa shape index (κ3) is 3.13. The van der Waals surface area contributed by atoms with Crippen LogP contribution in [-0.2, 0) is 6.54 Å².